The Labute approximate surface area is 140 Å². The van der Waals surface area contributed by atoms with Crippen LogP contribution < -0.4 is 5.32 Å². The van der Waals surface area contributed by atoms with Crippen LogP contribution in [0.2, 0.25) is 5.02 Å². The van der Waals surface area contributed by atoms with Gasteiger partial charge in [0.15, 0.2) is 0 Å². The lowest BCUT2D eigenvalue weighted by atomic mass is 10.1. The molecule has 4 nitrogen and oxygen atoms in total. The molecule has 0 spiro atoms. The maximum Gasteiger partial charge on any atom is 0.310 e. The summed E-state index contributed by atoms with van der Waals surface area (Å²) in [6, 6.07) is 13.4. The fourth-order valence-electron chi connectivity index (χ4n) is 2.28. The van der Waals surface area contributed by atoms with E-state index >= 15 is 0 Å². The average Bonchev–Trinajstić information content (AvgIpc) is 3.35. The first-order chi connectivity index (χ1) is 11.1. The average molecular weight is 332 g/mol. The molecule has 2 aromatic carbocycles. The van der Waals surface area contributed by atoms with Crippen LogP contribution >= 0.6 is 11.6 Å². The summed E-state index contributed by atoms with van der Waals surface area (Å²) in [5, 5.41) is 3.97. The lowest BCUT2D eigenvalue weighted by Gasteiger charge is -2.15. The van der Waals surface area contributed by atoms with E-state index in [0.717, 1.165) is 22.5 Å². The van der Waals surface area contributed by atoms with Gasteiger partial charge in [-0.3, -0.25) is 4.79 Å². The second kappa shape index (κ2) is 7.02. The van der Waals surface area contributed by atoms with Gasteiger partial charge in [0, 0.05) is 5.69 Å². The lowest BCUT2D eigenvalue weighted by Crippen LogP contribution is -2.13. The van der Waals surface area contributed by atoms with Gasteiger partial charge in [-0.25, -0.2) is 0 Å². The Morgan fingerprint density at radius 2 is 2.09 bits per heavy atom. The quantitative estimate of drug-likeness (QED) is 0.644. The Balaban J connectivity index is 1.73. The summed E-state index contributed by atoms with van der Waals surface area (Å²) in [4.78, 5) is 12.0. The first-order valence-electron chi connectivity index (χ1n) is 7.51. The highest BCUT2D eigenvalue weighted by Gasteiger charge is 2.24. The lowest BCUT2D eigenvalue weighted by molar-refractivity contribution is -0.143. The largest absolute Gasteiger partial charge is 0.463 e. The van der Waals surface area contributed by atoms with Gasteiger partial charge in [0.05, 0.1) is 23.7 Å². The Kier molecular flexibility index (Phi) is 4.84. The molecule has 1 heterocycles. The fraction of sp³-hybridized carbons (Fsp3) is 0.278. The van der Waals surface area contributed by atoms with Crippen molar-refractivity contribution in [2.75, 3.05) is 18.5 Å². The first-order valence-corrected chi connectivity index (χ1v) is 7.88. The topological polar surface area (TPSA) is 50.9 Å². The number of carbonyl (C=O) groups excluding carboxylic acids is 1. The number of benzene rings is 2. The molecular weight excluding hydrogens is 314 g/mol. The molecule has 1 saturated heterocycles. The van der Waals surface area contributed by atoms with E-state index < -0.39 is 0 Å². The van der Waals surface area contributed by atoms with Crippen LogP contribution in [0.25, 0.3) is 0 Å². The van der Waals surface area contributed by atoms with E-state index in [-0.39, 0.29) is 18.5 Å². The van der Waals surface area contributed by atoms with E-state index in [1.54, 1.807) is 0 Å². The molecule has 1 fully saturated rings. The minimum absolute atomic E-state index is 0.0816. The van der Waals surface area contributed by atoms with Crippen molar-refractivity contribution in [1.29, 1.82) is 0 Å². The van der Waals surface area contributed by atoms with Crippen molar-refractivity contribution >= 4 is 28.9 Å². The van der Waals surface area contributed by atoms with Crippen LogP contribution in [0.5, 0.6) is 0 Å². The van der Waals surface area contributed by atoms with Gasteiger partial charge in [-0.15, -0.1) is 0 Å². The summed E-state index contributed by atoms with van der Waals surface area (Å²) in [7, 11) is 0. The van der Waals surface area contributed by atoms with Crippen molar-refractivity contribution in [3.05, 3.63) is 58.6 Å². The maximum absolute atomic E-state index is 12.0. The highest BCUT2D eigenvalue weighted by atomic mass is 35.5. The van der Waals surface area contributed by atoms with E-state index in [1.807, 2.05) is 49.4 Å². The number of halogens is 1. The zero-order valence-electron chi connectivity index (χ0n) is 12.8. The Morgan fingerprint density at radius 1 is 1.30 bits per heavy atom. The number of rotatable bonds is 6. The molecule has 1 aliphatic heterocycles. The number of aryl methyl sites for hydroxylation is 1. The molecule has 120 valence electrons. The number of hydrogen-bond acceptors (Lipinski definition) is 4. The van der Waals surface area contributed by atoms with Crippen LogP contribution in [-0.4, -0.2) is 25.3 Å². The molecule has 23 heavy (non-hydrogen) atoms. The number of carbonyl (C=O) groups is 1. The first kappa shape index (κ1) is 15.8. The van der Waals surface area contributed by atoms with Gasteiger partial charge in [0.25, 0.3) is 0 Å². The molecule has 2 aromatic rings. The third-order valence-electron chi connectivity index (χ3n) is 3.67. The normalized spacial score (nSPS) is 16.0. The van der Waals surface area contributed by atoms with E-state index in [0.29, 0.717) is 18.2 Å². The highest BCUT2D eigenvalue weighted by Crippen LogP contribution is 2.30. The highest BCUT2D eigenvalue weighted by molar-refractivity contribution is 6.33. The Hall–Kier alpha value is -2.04. The second-order valence-corrected chi connectivity index (χ2v) is 5.94. The van der Waals surface area contributed by atoms with Gasteiger partial charge >= 0.3 is 5.97 Å². The van der Waals surface area contributed by atoms with Crippen LogP contribution in [0.1, 0.15) is 11.1 Å². The van der Waals surface area contributed by atoms with Crippen molar-refractivity contribution in [3.63, 3.8) is 0 Å². The number of esters is 1. The number of para-hydroxylation sites is 2. The van der Waals surface area contributed by atoms with Crippen molar-refractivity contribution in [3.8, 4) is 0 Å². The second-order valence-electron chi connectivity index (χ2n) is 5.53. The smallest absolute Gasteiger partial charge is 0.310 e. The monoisotopic (exact) mass is 331 g/mol. The SMILES string of the molecule is Cc1cccc(Cl)c1Nc1ccccc1CC(=O)OCC1CO1. The number of hydrogen-bond donors (Lipinski definition) is 1. The van der Waals surface area contributed by atoms with Crippen LogP contribution in [0.15, 0.2) is 42.5 Å². The molecule has 0 saturated carbocycles. The summed E-state index contributed by atoms with van der Waals surface area (Å²) in [5.41, 5.74) is 3.61. The molecule has 0 bridgehead atoms. The number of epoxide rings is 1. The molecule has 1 unspecified atom stereocenters. The molecule has 5 heteroatoms. The summed E-state index contributed by atoms with van der Waals surface area (Å²) in [5.74, 6) is -0.259. The predicted octanol–water partition coefficient (Wildman–Crippen LogP) is 3.88. The molecule has 0 amide bonds. The molecular formula is C18H18ClNO3. The number of anilines is 2. The summed E-state index contributed by atoms with van der Waals surface area (Å²) in [6.45, 7) is 3.00. The maximum atomic E-state index is 12.0. The van der Waals surface area contributed by atoms with Gasteiger partial charge in [0.2, 0.25) is 0 Å². The van der Waals surface area contributed by atoms with E-state index in [4.69, 9.17) is 21.1 Å². The summed E-state index contributed by atoms with van der Waals surface area (Å²) >= 11 is 6.26. The zero-order valence-corrected chi connectivity index (χ0v) is 13.6. The Bertz CT molecular complexity index is 693. The number of ether oxygens (including phenoxy) is 2. The third kappa shape index (κ3) is 4.24. The molecule has 1 atom stereocenters. The van der Waals surface area contributed by atoms with Gasteiger partial charge in [0.1, 0.15) is 12.7 Å². The van der Waals surface area contributed by atoms with Crippen LogP contribution in [0, 0.1) is 6.92 Å². The van der Waals surface area contributed by atoms with Gasteiger partial charge in [-0.1, -0.05) is 41.9 Å². The van der Waals surface area contributed by atoms with Crippen molar-refractivity contribution in [2.45, 2.75) is 19.4 Å². The zero-order chi connectivity index (χ0) is 16.2. The van der Waals surface area contributed by atoms with Crippen LogP contribution in [0.3, 0.4) is 0 Å². The molecule has 0 aliphatic carbocycles. The van der Waals surface area contributed by atoms with Crippen molar-refractivity contribution in [2.24, 2.45) is 0 Å². The minimum atomic E-state index is -0.259. The summed E-state index contributed by atoms with van der Waals surface area (Å²) < 4.78 is 10.2. The van der Waals surface area contributed by atoms with E-state index in [2.05, 4.69) is 5.32 Å². The van der Waals surface area contributed by atoms with Crippen LogP contribution in [-0.2, 0) is 20.7 Å². The molecule has 1 N–H and O–H groups in total. The minimum Gasteiger partial charge on any atom is -0.463 e. The van der Waals surface area contributed by atoms with E-state index in [1.165, 1.54) is 0 Å². The standard InChI is InChI=1S/C18H18ClNO3/c1-12-5-4-7-15(19)18(12)20-16-8-3-2-6-13(16)9-17(21)23-11-14-10-22-14/h2-8,14,20H,9-11H2,1H3. The van der Waals surface area contributed by atoms with Gasteiger partial charge in [-0.2, -0.15) is 0 Å². The molecule has 0 radical (unpaired) electrons. The van der Waals surface area contributed by atoms with E-state index in [9.17, 15) is 4.79 Å². The van der Waals surface area contributed by atoms with Crippen LogP contribution in [0.4, 0.5) is 11.4 Å². The number of nitrogens with one attached hydrogen (secondary N) is 1. The molecule has 1 aliphatic rings. The predicted molar refractivity (Wildman–Crippen MR) is 90.3 cm³/mol. The van der Waals surface area contributed by atoms with Crippen molar-refractivity contribution in [1.82, 2.24) is 0 Å². The third-order valence-corrected chi connectivity index (χ3v) is 3.98. The fourth-order valence-corrected chi connectivity index (χ4v) is 2.55. The molecule has 3 rings (SSSR count). The molecule has 0 aromatic heterocycles. The van der Waals surface area contributed by atoms with Crippen molar-refractivity contribution < 1.29 is 14.3 Å². The Morgan fingerprint density at radius 3 is 2.83 bits per heavy atom. The van der Waals surface area contributed by atoms with Gasteiger partial charge in [-0.05, 0) is 30.2 Å². The van der Waals surface area contributed by atoms with Gasteiger partial charge < -0.3 is 14.8 Å². The summed E-state index contributed by atoms with van der Waals surface area (Å²) in [6.07, 6.45) is 0.289.